The van der Waals surface area contributed by atoms with Crippen LogP contribution in [0.5, 0.6) is 0 Å². The van der Waals surface area contributed by atoms with E-state index < -0.39 is 21.8 Å². The highest BCUT2D eigenvalue weighted by Crippen LogP contribution is 2.18. The highest BCUT2D eigenvalue weighted by Gasteiger charge is 2.21. The second-order valence-electron chi connectivity index (χ2n) is 9.03. The summed E-state index contributed by atoms with van der Waals surface area (Å²) < 4.78 is 26.8. The fourth-order valence-electron chi connectivity index (χ4n) is 3.64. The smallest absolute Gasteiger partial charge is 0.240 e. The van der Waals surface area contributed by atoms with Crippen molar-refractivity contribution >= 4 is 15.9 Å². The molecule has 0 aromatic heterocycles. The van der Waals surface area contributed by atoms with E-state index in [4.69, 9.17) is 0 Å². The van der Waals surface area contributed by atoms with Gasteiger partial charge in [-0.05, 0) is 36.8 Å². The van der Waals surface area contributed by atoms with E-state index in [-0.39, 0.29) is 5.75 Å². The molecule has 0 spiro atoms. The van der Waals surface area contributed by atoms with E-state index in [9.17, 15) is 13.2 Å². The maximum atomic E-state index is 12.4. The molecule has 172 valence electrons. The lowest BCUT2D eigenvalue weighted by molar-refractivity contribution is -0.120. The fraction of sp³-hybridized carbons (Fsp3) is 0.720. The third-order valence-corrected chi connectivity index (χ3v) is 6.88. The molecular weight excluding hydrogens is 394 g/mol. The number of unbranched alkanes of at least 4 members (excludes halogenated alkanes) is 9. The Morgan fingerprint density at radius 3 is 1.83 bits per heavy atom. The second kappa shape index (κ2) is 14.6. The van der Waals surface area contributed by atoms with Crippen molar-refractivity contribution in [3.05, 3.63) is 35.4 Å². The van der Waals surface area contributed by atoms with Crippen LogP contribution >= 0.6 is 0 Å². The zero-order valence-electron chi connectivity index (χ0n) is 19.6. The van der Waals surface area contributed by atoms with Crippen molar-refractivity contribution in [2.45, 2.75) is 104 Å². The van der Waals surface area contributed by atoms with Gasteiger partial charge in [0.1, 0.15) is 0 Å². The summed E-state index contributed by atoms with van der Waals surface area (Å²) in [6, 6.07) is 7.91. The largest absolute Gasteiger partial charge is 0.273 e. The lowest BCUT2D eigenvalue weighted by atomic mass is 9.96. The van der Waals surface area contributed by atoms with E-state index in [1.807, 2.05) is 24.3 Å². The number of hydrogen-bond acceptors (Lipinski definition) is 3. The van der Waals surface area contributed by atoms with Crippen LogP contribution in [0, 0.1) is 5.92 Å². The number of amides is 1. The summed E-state index contributed by atoms with van der Waals surface area (Å²) in [6.45, 7) is 8.32. The third-order valence-electron chi connectivity index (χ3n) is 5.54. The maximum Gasteiger partial charge on any atom is 0.240 e. The molecule has 1 amide bonds. The molecule has 4 nitrogen and oxygen atoms in total. The zero-order valence-corrected chi connectivity index (χ0v) is 20.4. The van der Waals surface area contributed by atoms with Crippen molar-refractivity contribution in [2.24, 2.45) is 5.92 Å². The van der Waals surface area contributed by atoms with Gasteiger partial charge in [-0.2, -0.15) is 0 Å². The molecule has 5 heteroatoms. The van der Waals surface area contributed by atoms with Gasteiger partial charge >= 0.3 is 0 Å². The quantitative estimate of drug-likeness (QED) is 0.306. The molecule has 1 aromatic rings. The Balaban J connectivity index is 2.29. The summed E-state index contributed by atoms with van der Waals surface area (Å²) in [7, 11) is -3.57. The van der Waals surface area contributed by atoms with E-state index >= 15 is 0 Å². The Bertz CT molecular complexity index is 696. The third kappa shape index (κ3) is 11.7. The van der Waals surface area contributed by atoms with Crippen molar-refractivity contribution in [2.75, 3.05) is 5.75 Å². The average molecular weight is 438 g/mol. The first-order valence-electron chi connectivity index (χ1n) is 11.9. The molecule has 1 atom stereocenters. The molecule has 0 fully saturated rings. The lowest BCUT2D eigenvalue weighted by Gasteiger charge is -2.14. The monoisotopic (exact) mass is 437 g/mol. The van der Waals surface area contributed by atoms with Crippen molar-refractivity contribution in [3.8, 4) is 0 Å². The van der Waals surface area contributed by atoms with Gasteiger partial charge in [0.25, 0.3) is 0 Å². The minimum absolute atomic E-state index is 0.0231. The van der Waals surface area contributed by atoms with Gasteiger partial charge in [-0.15, -0.1) is 0 Å². The van der Waals surface area contributed by atoms with Crippen LogP contribution in [0.25, 0.3) is 0 Å². The van der Waals surface area contributed by atoms with Crippen molar-refractivity contribution in [1.29, 1.82) is 0 Å². The Labute approximate surface area is 185 Å². The molecule has 1 rings (SSSR count). The van der Waals surface area contributed by atoms with Gasteiger partial charge in [-0.1, -0.05) is 103 Å². The first kappa shape index (κ1) is 26.7. The summed E-state index contributed by atoms with van der Waals surface area (Å²) in [5, 5.41) is 0. The van der Waals surface area contributed by atoms with Gasteiger partial charge in [-0.25, -0.2) is 8.42 Å². The zero-order chi connectivity index (χ0) is 22.4. The molecular formula is C25H43NO3S. The van der Waals surface area contributed by atoms with Crippen LogP contribution in [-0.4, -0.2) is 20.1 Å². The summed E-state index contributed by atoms with van der Waals surface area (Å²) >= 11 is 0. The molecule has 30 heavy (non-hydrogen) atoms. The Hall–Kier alpha value is -1.36. The number of carbonyl (C=O) groups excluding carboxylic acids is 1. The topological polar surface area (TPSA) is 63.2 Å². The Kier molecular flexibility index (Phi) is 13.0. The molecule has 0 heterocycles. The van der Waals surface area contributed by atoms with Crippen molar-refractivity contribution in [1.82, 2.24) is 4.72 Å². The standard InChI is InChI=1S/C25H43NO3S/c1-5-6-7-8-9-10-11-12-13-14-19-30(28,29)26-25(27)22(4)24-17-15-23(16-18-24)20-21(2)3/h15-18,21-22H,5-14,19-20H2,1-4H3,(H,26,27). The highest BCUT2D eigenvalue weighted by molar-refractivity contribution is 7.90. The SMILES string of the molecule is CCCCCCCCCCCCS(=O)(=O)NC(=O)C(C)c1ccc(CC(C)C)cc1. The summed E-state index contributed by atoms with van der Waals surface area (Å²) in [5.41, 5.74) is 2.07. The second-order valence-corrected chi connectivity index (χ2v) is 10.9. The minimum atomic E-state index is -3.57. The minimum Gasteiger partial charge on any atom is -0.273 e. The van der Waals surface area contributed by atoms with Crippen LogP contribution in [-0.2, 0) is 21.2 Å². The molecule has 0 aliphatic carbocycles. The highest BCUT2D eigenvalue weighted by atomic mass is 32.2. The number of rotatable bonds is 16. The van der Waals surface area contributed by atoms with Gasteiger partial charge in [0.15, 0.2) is 0 Å². The number of sulfonamides is 1. The number of nitrogens with one attached hydrogen (secondary N) is 1. The van der Waals surface area contributed by atoms with Gasteiger partial charge in [0, 0.05) is 0 Å². The van der Waals surface area contributed by atoms with E-state index in [1.165, 1.54) is 50.5 Å². The van der Waals surface area contributed by atoms with Gasteiger partial charge in [-0.3, -0.25) is 9.52 Å². The maximum absolute atomic E-state index is 12.4. The van der Waals surface area contributed by atoms with Crippen LogP contribution in [0.2, 0.25) is 0 Å². The normalized spacial score (nSPS) is 12.8. The van der Waals surface area contributed by atoms with Crippen LogP contribution in [0.1, 0.15) is 109 Å². The van der Waals surface area contributed by atoms with E-state index in [0.717, 1.165) is 24.8 Å². The predicted molar refractivity (Wildman–Crippen MR) is 127 cm³/mol. The number of carbonyl (C=O) groups is 1. The molecule has 0 aliphatic rings. The molecule has 1 unspecified atom stereocenters. The predicted octanol–water partition coefficient (Wildman–Crippen LogP) is 6.36. The van der Waals surface area contributed by atoms with E-state index in [2.05, 4.69) is 25.5 Å². The average Bonchev–Trinajstić information content (AvgIpc) is 2.68. The first-order valence-corrected chi connectivity index (χ1v) is 13.5. The van der Waals surface area contributed by atoms with E-state index in [1.54, 1.807) is 6.92 Å². The van der Waals surface area contributed by atoms with Crippen LogP contribution < -0.4 is 4.72 Å². The van der Waals surface area contributed by atoms with E-state index in [0.29, 0.717) is 12.3 Å². The van der Waals surface area contributed by atoms with Crippen LogP contribution in [0.4, 0.5) is 0 Å². The Morgan fingerprint density at radius 1 is 0.833 bits per heavy atom. The van der Waals surface area contributed by atoms with Crippen LogP contribution in [0.15, 0.2) is 24.3 Å². The summed E-state index contributed by atoms with van der Waals surface area (Å²) in [5.74, 6) is -0.332. The summed E-state index contributed by atoms with van der Waals surface area (Å²) in [4.78, 5) is 12.4. The fourth-order valence-corrected chi connectivity index (χ4v) is 4.81. The van der Waals surface area contributed by atoms with Crippen molar-refractivity contribution in [3.63, 3.8) is 0 Å². The summed E-state index contributed by atoms with van der Waals surface area (Å²) in [6.07, 6.45) is 12.5. The molecule has 0 saturated carbocycles. The molecule has 0 saturated heterocycles. The van der Waals surface area contributed by atoms with Gasteiger partial charge in [0.2, 0.25) is 15.9 Å². The van der Waals surface area contributed by atoms with Crippen LogP contribution in [0.3, 0.4) is 0 Å². The molecule has 0 bridgehead atoms. The lowest BCUT2D eigenvalue weighted by Crippen LogP contribution is -2.35. The number of benzene rings is 1. The molecule has 0 radical (unpaired) electrons. The molecule has 0 aliphatic heterocycles. The number of hydrogen-bond donors (Lipinski definition) is 1. The van der Waals surface area contributed by atoms with Crippen molar-refractivity contribution < 1.29 is 13.2 Å². The van der Waals surface area contributed by atoms with Gasteiger partial charge in [0.05, 0.1) is 11.7 Å². The Morgan fingerprint density at radius 2 is 1.33 bits per heavy atom. The first-order chi connectivity index (χ1) is 14.2. The molecule has 1 N–H and O–H groups in total. The van der Waals surface area contributed by atoms with Gasteiger partial charge < -0.3 is 0 Å². The molecule has 1 aromatic carbocycles.